The van der Waals surface area contributed by atoms with Gasteiger partial charge in [0.1, 0.15) is 11.5 Å². The number of benzene rings is 2. The first-order valence-corrected chi connectivity index (χ1v) is 11.7. The number of para-hydroxylation sites is 2. The van der Waals surface area contributed by atoms with E-state index < -0.39 is 22.1 Å². The van der Waals surface area contributed by atoms with Gasteiger partial charge >= 0.3 is 5.97 Å². The molecule has 1 aliphatic heterocycles. The van der Waals surface area contributed by atoms with Crippen LogP contribution in [0.1, 0.15) is 19.8 Å². The minimum atomic E-state index is -3.59. The molecule has 32 heavy (non-hydrogen) atoms. The maximum atomic E-state index is 12.9. The average molecular weight is 463 g/mol. The number of nitrogens with zero attached hydrogens (tertiary/aromatic N) is 1. The second kappa shape index (κ2) is 10.5. The molecule has 172 valence electrons. The van der Waals surface area contributed by atoms with Gasteiger partial charge in [-0.2, -0.15) is 0 Å². The van der Waals surface area contributed by atoms with Crippen molar-refractivity contribution in [1.82, 2.24) is 4.72 Å². The first kappa shape index (κ1) is 23.6. The van der Waals surface area contributed by atoms with Crippen LogP contribution in [0.15, 0.2) is 53.4 Å². The number of unbranched alkanes of at least 4 members (excludes halogenated alkanes) is 1. The molecule has 0 aliphatic carbocycles. The van der Waals surface area contributed by atoms with Crippen LogP contribution in [0.2, 0.25) is 0 Å². The van der Waals surface area contributed by atoms with Crippen molar-refractivity contribution in [3.8, 4) is 11.5 Å². The minimum Gasteiger partial charge on any atom is -0.484 e. The van der Waals surface area contributed by atoms with Gasteiger partial charge in [-0.3, -0.25) is 4.79 Å². The van der Waals surface area contributed by atoms with Gasteiger partial charge in [0, 0.05) is 6.54 Å². The molecular formula is C22H26N2O7S. The third kappa shape index (κ3) is 5.57. The lowest BCUT2D eigenvalue weighted by Gasteiger charge is -2.33. The molecule has 0 saturated carbocycles. The number of fused-ring (bicyclic) bond motifs is 1. The first-order chi connectivity index (χ1) is 15.4. The third-order valence-corrected chi connectivity index (χ3v) is 6.33. The molecule has 2 aromatic carbocycles. The number of amides is 1. The highest BCUT2D eigenvalue weighted by Gasteiger charge is 2.34. The summed E-state index contributed by atoms with van der Waals surface area (Å²) in [5.41, 5.74) is 0.529. The van der Waals surface area contributed by atoms with Crippen LogP contribution in [-0.2, 0) is 24.3 Å². The van der Waals surface area contributed by atoms with Crippen LogP contribution < -0.4 is 19.1 Å². The molecule has 1 heterocycles. The number of hydrogen-bond donors (Lipinski definition) is 1. The Kier molecular flexibility index (Phi) is 7.70. The smallest absolute Gasteiger partial charge is 0.348 e. The van der Waals surface area contributed by atoms with Crippen LogP contribution in [-0.4, -0.2) is 53.2 Å². The molecule has 10 heteroatoms. The summed E-state index contributed by atoms with van der Waals surface area (Å²) in [7, 11) is -2.33. The van der Waals surface area contributed by atoms with Gasteiger partial charge < -0.3 is 19.1 Å². The molecule has 0 radical (unpaired) electrons. The Morgan fingerprint density at radius 3 is 2.56 bits per heavy atom. The van der Waals surface area contributed by atoms with Gasteiger partial charge in [0.25, 0.3) is 5.91 Å². The zero-order valence-corrected chi connectivity index (χ0v) is 18.8. The number of nitrogens with one attached hydrogen (secondary N) is 1. The zero-order valence-electron chi connectivity index (χ0n) is 17.9. The lowest BCUT2D eigenvalue weighted by molar-refractivity contribution is -0.148. The van der Waals surface area contributed by atoms with E-state index in [0.717, 1.165) is 12.8 Å². The summed E-state index contributed by atoms with van der Waals surface area (Å²) in [6, 6.07) is 12.7. The Labute approximate surface area is 187 Å². The number of esters is 1. The number of sulfonamides is 1. The van der Waals surface area contributed by atoms with E-state index in [-0.39, 0.29) is 24.0 Å². The van der Waals surface area contributed by atoms with Crippen molar-refractivity contribution in [2.24, 2.45) is 0 Å². The summed E-state index contributed by atoms with van der Waals surface area (Å²) >= 11 is 0. The molecule has 0 aromatic heterocycles. The van der Waals surface area contributed by atoms with E-state index >= 15 is 0 Å². The molecular weight excluding hydrogens is 436 g/mol. The topological polar surface area (TPSA) is 111 Å². The maximum absolute atomic E-state index is 12.9. The number of hydrogen-bond acceptors (Lipinski definition) is 7. The number of anilines is 1. The predicted molar refractivity (Wildman–Crippen MR) is 117 cm³/mol. The number of carbonyl (C=O) groups excluding carboxylic acids is 2. The van der Waals surface area contributed by atoms with Gasteiger partial charge in [0.2, 0.25) is 16.1 Å². The van der Waals surface area contributed by atoms with E-state index in [2.05, 4.69) is 4.72 Å². The standard InChI is InChI=1S/C22H26N2O7S/c1-3-4-13-23-32(27,28)17-11-9-16(10-12-17)30-15-21(25)24-14-20(22(26)29-2)31-19-8-6-5-7-18(19)24/h5-12,20,23H,3-4,13-15H2,1-2H3/t20-/m0/s1. The van der Waals surface area contributed by atoms with Crippen molar-refractivity contribution >= 4 is 27.6 Å². The fourth-order valence-corrected chi connectivity index (χ4v) is 4.20. The Morgan fingerprint density at radius 1 is 1.16 bits per heavy atom. The second-order valence-electron chi connectivity index (χ2n) is 7.11. The molecule has 0 bridgehead atoms. The van der Waals surface area contributed by atoms with E-state index in [1.54, 1.807) is 24.3 Å². The Balaban J connectivity index is 1.65. The second-order valence-corrected chi connectivity index (χ2v) is 8.88. The van der Waals surface area contributed by atoms with Crippen molar-refractivity contribution in [2.75, 3.05) is 31.7 Å². The lowest BCUT2D eigenvalue weighted by Crippen LogP contribution is -2.48. The maximum Gasteiger partial charge on any atom is 0.348 e. The molecule has 1 atom stereocenters. The third-order valence-electron chi connectivity index (χ3n) is 4.86. The predicted octanol–water partition coefficient (Wildman–Crippen LogP) is 2.11. The van der Waals surface area contributed by atoms with E-state index in [9.17, 15) is 18.0 Å². The fourth-order valence-electron chi connectivity index (χ4n) is 3.13. The Bertz CT molecular complexity index is 1050. The lowest BCUT2D eigenvalue weighted by atomic mass is 10.2. The average Bonchev–Trinajstić information content (AvgIpc) is 2.81. The van der Waals surface area contributed by atoms with Gasteiger partial charge in [-0.1, -0.05) is 25.5 Å². The Morgan fingerprint density at radius 2 is 1.88 bits per heavy atom. The highest BCUT2D eigenvalue weighted by atomic mass is 32.2. The van der Waals surface area contributed by atoms with Gasteiger partial charge in [-0.25, -0.2) is 17.9 Å². The van der Waals surface area contributed by atoms with E-state index in [1.165, 1.54) is 36.3 Å². The number of methoxy groups -OCH3 is 1. The zero-order chi connectivity index (χ0) is 23.1. The summed E-state index contributed by atoms with van der Waals surface area (Å²) in [4.78, 5) is 26.3. The van der Waals surface area contributed by atoms with Crippen molar-refractivity contribution < 1.29 is 32.2 Å². The van der Waals surface area contributed by atoms with Crippen molar-refractivity contribution in [2.45, 2.75) is 30.8 Å². The number of rotatable bonds is 9. The highest BCUT2D eigenvalue weighted by Crippen LogP contribution is 2.33. The molecule has 1 N–H and O–H groups in total. The minimum absolute atomic E-state index is 0.00745. The molecule has 0 spiro atoms. The van der Waals surface area contributed by atoms with E-state index in [1.807, 2.05) is 6.92 Å². The van der Waals surface area contributed by atoms with Crippen molar-refractivity contribution in [1.29, 1.82) is 0 Å². The normalized spacial score (nSPS) is 15.4. The van der Waals surface area contributed by atoms with Gasteiger partial charge in [0.15, 0.2) is 6.61 Å². The van der Waals surface area contributed by atoms with Crippen LogP contribution in [0.4, 0.5) is 5.69 Å². The number of ether oxygens (including phenoxy) is 3. The fraction of sp³-hybridized carbons (Fsp3) is 0.364. The molecule has 3 rings (SSSR count). The van der Waals surface area contributed by atoms with Crippen LogP contribution in [0.25, 0.3) is 0 Å². The quantitative estimate of drug-likeness (QED) is 0.449. The van der Waals surface area contributed by atoms with Crippen LogP contribution in [0, 0.1) is 0 Å². The summed E-state index contributed by atoms with van der Waals surface area (Å²) in [5, 5.41) is 0. The largest absolute Gasteiger partial charge is 0.484 e. The summed E-state index contributed by atoms with van der Waals surface area (Å²) in [5.74, 6) is -0.222. The van der Waals surface area contributed by atoms with Crippen LogP contribution in [0.3, 0.4) is 0 Å². The van der Waals surface area contributed by atoms with Crippen LogP contribution >= 0.6 is 0 Å². The molecule has 0 saturated heterocycles. The molecule has 1 aliphatic rings. The van der Waals surface area contributed by atoms with Gasteiger partial charge in [-0.15, -0.1) is 0 Å². The summed E-state index contributed by atoms with van der Waals surface area (Å²) in [6.45, 7) is 2.04. The summed E-state index contributed by atoms with van der Waals surface area (Å²) < 4.78 is 43.0. The highest BCUT2D eigenvalue weighted by molar-refractivity contribution is 7.89. The van der Waals surface area contributed by atoms with Crippen molar-refractivity contribution in [3.63, 3.8) is 0 Å². The van der Waals surface area contributed by atoms with Gasteiger partial charge in [-0.05, 0) is 42.8 Å². The van der Waals surface area contributed by atoms with Gasteiger partial charge in [0.05, 0.1) is 24.2 Å². The molecule has 0 fully saturated rings. The Hall–Kier alpha value is -3.11. The molecule has 2 aromatic rings. The molecule has 1 amide bonds. The summed E-state index contributed by atoms with van der Waals surface area (Å²) in [6.07, 6.45) is 0.699. The van der Waals surface area contributed by atoms with E-state index in [4.69, 9.17) is 14.2 Å². The first-order valence-electron chi connectivity index (χ1n) is 10.2. The molecule has 0 unspecified atom stereocenters. The van der Waals surface area contributed by atoms with Crippen LogP contribution in [0.5, 0.6) is 11.5 Å². The SMILES string of the molecule is CCCCNS(=O)(=O)c1ccc(OCC(=O)N2C[C@@H](C(=O)OC)Oc3ccccc32)cc1. The van der Waals surface area contributed by atoms with E-state index in [0.29, 0.717) is 23.7 Å². The molecule has 9 nitrogen and oxygen atoms in total. The monoisotopic (exact) mass is 462 g/mol. The van der Waals surface area contributed by atoms with Crippen molar-refractivity contribution in [3.05, 3.63) is 48.5 Å². The number of carbonyl (C=O) groups is 2.